The topological polar surface area (TPSA) is 100 Å². The zero-order valence-corrected chi connectivity index (χ0v) is 17.3. The number of hydrazine groups is 1. The van der Waals surface area contributed by atoms with Gasteiger partial charge in [0, 0.05) is 6.04 Å². The summed E-state index contributed by atoms with van der Waals surface area (Å²) in [6, 6.07) is 5.18. The maximum absolute atomic E-state index is 12.6. The van der Waals surface area contributed by atoms with Crippen molar-refractivity contribution in [1.29, 1.82) is 0 Å². The molecule has 0 bridgehead atoms. The first-order valence-electron chi connectivity index (χ1n) is 9.75. The fourth-order valence-corrected chi connectivity index (χ4v) is 3.82. The predicted molar refractivity (Wildman–Crippen MR) is 105 cm³/mol. The Morgan fingerprint density at radius 1 is 1.28 bits per heavy atom. The normalized spacial score (nSPS) is 24.6. The molecule has 0 aliphatic carbocycles. The van der Waals surface area contributed by atoms with Crippen LogP contribution >= 0.6 is 0 Å². The van der Waals surface area contributed by atoms with Crippen LogP contribution in [-0.2, 0) is 9.59 Å². The highest BCUT2D eigenvalue weighted by Crippen LogP contribution is 2.36. The Labute approximate surface area is 170 Å². The molecule has 3 rings (SSSR count). The number of urea groups is 1. The van der Waals surface area contributed by atoms with Gasteiger partial charge in [0.15, 0.2) is 11.5 Å². The zero-order chi connectivity index (χ0) is 21.2. The van der Waals surface area contributed by atoms with E-state index in [0.717, 1.165) is 30.0 Å². The van der Waals surface area contributed by atoms with Gasteiger partial charge in [0.1, 0.15) is 5.54 Å². The van der Waals surface area contributed by atoms with Gasteiger partial charge in [-0.05, 0) is 50.4 Å². The molecule has 29 heavy (non-hydrogen) atoms. The van der Waals surface area contributed by atoms with E-state index in [1.54, 1.807) is 21.1 Å². The monoisotopic (exact) mass is 404 g/mol. The van der Waals surface area contributed by atoms with Gasteiger partial charge in [-0.15, -0.1) is 0 Å². The number of amides is 4. The van der Waals surface area contributed by atoms with Crippen molar-refractivity contribution in [1.82, 2.24) is 20.7 Å². The van der Waals surface area contributed by atoms with Gasteiger partial charge >= 0.3 is 6.03 Å². The number of hydrogen-bond donors (Lipinski definition) is 2. The summed E-state index contributed by atoms with van der Waals surface area (Å²) >= 11 is 0. The number of ether oxygens (including phenoxy) is 2. The summed E-state index contributed by atoms with van der Waals surface area (Å²) in [6.45, 7) is 4.28. The molecule has 9 nitrogen and oxygen atoms in total. The molecule has 0 radical (unpaired) electrons. The molecule has 2 saturated heterocycles. The lowest BCUT2D eigenvalue weighted by molar-refractivity contribution is -0.139. The van der Waals surface area contributed by atoms with Gasteiger partial charge in [0.25, 0.3) is 11.8 Å². The molecule has 1 aromatic carbocycles. The minimum Gasteiger partial charge on any atom is -0.493 e. The Morgan fingerprint density at radius 3 is 2.62 bits per heavy atom. The van der Waals surface area contributed by atoms with Gasteiger partial charge in [0.05, 0.1) is 20.8 Å². The van der Waals surface area contributed by atoms with E-state index in [1.807, 2.05) is 30.0 Å². The Kier molecular flexibility index (Phi) is 5.97. The van der Waals surface area contributed by atoms with Crippen molar-refractivity contribution < 1.29 is 23.9 Å². The SMILES string of the molecule is CCC1(C)NC(=O)N(NC(=O)CN2CCCC2c2ccc(OC)c(OC)c2)C1=O. The van der Waals surface area contributed by atoms with Crippen molar-refractivity contribution >= 4 is 17.8 Å². The number of nitrogens with one attached hydrogen (secondary N) is 2. The van der Waals surface area contributed by atoms with Crippen molar-refractivity contribution in [3.63, 3.8) is 0 Å². The lowest BCUT2D eigenvalue weighted by Gasteiger charge is -2.26. The molecule has 4 amide bonds. The molecular weight excluding hydrogens is 376 g/mol. The van der Waals surface area contributed by atoms with Gasteiger partial charge in [-0.1, -0.05) is 13.0 Å². The Balaban J connectivity index is 1.67. The first kappa shape index (κ1) is 20.9. The van der Waals surface area contributed by atoms with Crippen LogP contribution in [-0.4, -0.2) is 60.6 Å². The smallest absolute Gasteiger partial charge is 0.344 e. The van der Waals surface area contributed by atoms with Crippen LogP contribution < -0.4 is 20.2 Å². The molecule has 2 unspecified atom stereocenters. The van der Waals surface area contributed by atoms with Crippen LogP contribution in [0.2, 0.25) is 0 Å². The second-order valence-electron chi connectivity index (χ2n) is 7.53. The largest absolute Gasteiger partial charge is 0.493 e. The molecule has 158 valence electrons. The van der Waals surface area contributed by atoms with E-state index in [1.165, 1.54) is 0 Å². The van der Waals surface area contributed by atoms with E-state index >= 15 is 0 Å². The lowest BCUT2D eigenvalue weighted by Crippen LogP contribution is -2.51. The predicted octanol–water partition coefficient (Wildman–Crippen LogP) is 1.59. The van der Waals surface area contributed by atoms with Crippen molar-refractivity contribution in [3.8, 4) is 11.5 Å². The molecular formula is C20H28N4O5. The molecule has 2 fully saturated rings. The number of rotatable bonds is 7. The highest BCUT2D eigenvalue weighted by atomic mass is 16.5. The van der Waals surface area contributed by atoms with Crippen LogP contribution in [0.5, 0.6) is 11.5 Å². The van der Waals surface area contributed by atoms with Crippen molar-refractivity contribution in [2.75, 3.05) is 27.3 Å². The van der Waals surface area contributed by atoms with Crippen molar-refractivity contribution in [2.45, 2.75) is 44.7 Å². The number of benzene rings is 1. The summed E-state index contributed by atoms with van der Waals surface area (Å²) in [5, 5.41) is 3.41. The van der Waals surface area contributed by atoms with Gasteiger partial charge in [-0.25, -0.2) is 4.79 Å². The second kappa shape index (κ2) is 8.28. The molecule has 9 heteroatoms. The molecule has 0 aromatic heterocycles. The fraction of sp³-hybridized carbons (Fsp3) is 0.550. The molecule has 0 spiro atoms. The first-order valence-corrected chi connectivity index (χ1v) is 9.75. The van der Waals surface area contributed by atoms with Gasteiger partial charge in [-0.2, -0.15) is 5.01 Å². The van der Waals surface area contributed by atoms with E-state index in [9.17, 15) is 14.4 Å². The molecule has 2 aliphatic rings. The third kappa shape index (κ3) is 4.00. The number of carbonyl (C=O) groups is 3. The van der Waals surface area contributed by atoms with Crippen LogP contribution in [0, 0.1) is 0 Å². The molecule has 2 aliphatic heterocycles. The number of methoxy groups -OCH3 is 2. The first-order chi connectivity index (χ1) is 13.8. The number of imide groups is 1. The summed E-state index contributed by atoms with van der Waals surface area (Å²) in [6.07, 6.45) is 2.29. The summed E-state index contributed by atoms with van der Waals surface area (Å²) in [4.78, 5) is 39.1. The summed E-state index contributed by atoms with van der Waals surface area (Å²) in [5.74, 6) is 0.438. The van der Waals surface area contributed by atoms with E-state index in [4.69, 9.17) is 9.47 Å². The average Bonchev–Trinajstić information content (AvgIpc) is 3.25. The average molecular weight is 404 g/mol. The van der Waals surface area contributed by atoms with E-state index in [2.05, 4.69) is 10.7 Å². The highest BCUT2D eigenvalue weighted by Gasteiger charge is 2.47. The third-order valence-electron chi connectivity index (χ3n) is 5.71. The van der Waals surface area contributed by atoms with Crippen LogP contribution in [0.4, 0.5) is 4.79 Å². The summed E-state index contributed by atoms with van der Waals surface area (Å²) in [7, 11) is 3.17. The van der Waals surface area contributed by atoms with E-state index in [0.29, 0.717) is 17.9 Å². The Bertz CT molecular complexity index is 814. The van der Waals surface area contributed by atoms with Crippen LogP contribution in [0.1, 0.15) is 44.7 Å². The number of likely N-dealkylation sites (tertiary alicyclic amines) is 1. The zero-order valence-electron chi connectivity index (χ0n) is 17.3. The Morgan fingerprint density at radius 2 is 2.00 bits per heavy atom. The van der Waals surface area contributed by atoms with Crippen molar-refractivity contribution in [2.24, 2.45) is 0 Å². The fourth-order valence-electron chi connectivity index (χ4n) is 3.82. The summed E-state index contributed by atoms with van der Waals surface area (Å²) in [5.41, 5.74) is 2.50. The quantitative estimate of drug-likeness (QED) is 0.670. The van der Waals surface area contributed by atoms with Crippen molar-refractivity contribution in [3.05, 3.63) is 23.8 Å². The maximum Gasteiger partial charge on any atom is 0.344 e. The van der Waals surface area contributed by atoms with Crippen LogP contribution in [0.3, 0.4) is 0 Å². The minimum atomic E-state index is -0.986. The van der Waals surface area contributed by atoms with E-state index in [-0.39, 0.29) is 12.6 Å². The minimum absolute atomic E-state index is 0.0459. The second-order valence-corrected chi connectivity index (χ2v) is 7.53. The lowest BCUT2D eigenvalue weighted by atomic mass is 10.00. The number of carbonyl (C=O) groups excluding carboxylic acids is 3. The molecule has 0 saturated carbocycles. The molecule has 1 aromatic rings. The number of hydrogen-bond acceptors (Lipinski definition) is 6. The van der Waals surface area contributed by atoms with Gasteiger partial charge < -0.3 is 14.8 Å². The van der Waals surface area contributed by atoms with Crippen LogP contribution in [0.15, 0.2) is 18.2 Å². The molecule has 2 heterocycles. The third-order valence-corrected chi connectivity index (χ3v) is 5.71. The summed E-state index contributed by atoms with van der Waals surface area (Å²) < 4.78 is 10.7. The standard InChI is InChI=1S/C20H28N4O5/c1-5-20(2)18(26)24(19(27)21-20)22-17(25)12-23-10-6-7-14(23)13-8-9-15(28-3)16(11-13)29-4/h8-9,11,14H,5-7,10,12H2,1-4H3,(H,21,27)(H,22,25). The maximum atomic E-state index is 12.6. The highest BCUT2D eigenvalue weighted by molar-refractivity contribution is 6.07. The molecule has 2 atom stereocenters. The molecule has 2 N–H and O–H groups in total. The van der Waals surface area contributed by atoms with Gasteiger partial charge in [-0.3, -0.25) is 19.9 Å². The number of nitrogens with zero attached hydrogens (tertiary/aromatic N) is 2. The van der Waals surface area contributed by atoms with Gasteiger partial charge in [0.2, 0.25) is 0 Å². The van der Waals surface area contributed by atoms with E-state index < -0.39 is 23.4 Å². The Hall–Kier alpha value is -2.81. The van der Waals surface area contributed by atoms with Crippen LogP contribution in [0.25, 0.3) is 0 Å².